The fraction of sp³-hybridized carbons (Fsp3) is 0.172. The minimum Gasteiger partial charge on any atom is -0.492 e. The van der Waals surface area contributed by atoms with Gasteiger partial charge in [-0.2, -0.15) is 0 Å². The van der Waals surface area contributed by atoms with Crippen LogP contribution in [0.5, 0.6) is 17.2 Å². The molecule has 0 aromatic heterocycles. The summed E-state index contributed by atoms with van der Waals surface area (Å²) in [7, 11) is 0. The Morgan fingerprint density at radius 1 is 0.914 bits per heavy atom. The molecule has 0 unspecified atom stereocenters. The second kappa shape index (κ2) is 9.89. The number of rotatable bonds is 7. The largest absolute Gasteiger partial charge is 0.492 e. The first-order valence-corrected chi connectivity index (χ1v) is 11.7. The summed E-state index contributed by atoms with van der Waals surface area (Å²) in [6, 6.07) is 28.7. The number of carbonyl (C=O) groups excluding carboxylic acids is 2. The minimum absolute atomic E-state index is 0.0869. The number of anilines is 2. The number of fused-ring (bicyclic) bond motifs is 1. The zero-order valence-electron chi connectivity index (χ0n) is 19.4. The predicted molar refractivity (Wildman–Crippen MR) is 137 cm³/mol. The Hall–Kier alpha value is -4.32. The molecule has 6 nitrogen and oxygen atoms in total. The summed E-state index contributed by atoms with van der Waals surface area (Å²) in [4.78, 5) is 27.2. The van der Waals surface area contributed by atoms with Gasteiger partial charge in [-0.1, -0.05) is 48.5 Å². The van der Waals surface area contributed by atoms with Crippen molar-refractivity contribution in [2.45, 2.75) is 13.3 Å². The summed E-state index contributed by atoms with van der Waals surface area (Å²) < 4.78 is 11.7. The van der Waals surface area contributed by atoms with Crippen LogP contribution < -0.4 is 19.7 Å². The van der Waals surface area contributed by atoms with Crippen LogP contribution in [-0.4, -0.2) is 25.0 Å². The van der Waals surface area contributed by atoms with Crippen LogP contribution in [0.3, 0.4) is 0 Å². The van der Waals surface area contributed by atoms with E-state index in [0.717, 1.165) is 16.5 Å². The lowest BCUT2D eigenvalue weighted by molar-refractivity contribution is -0.122. The van der Waals surface area contributed by atoms with Crippen molar-refractivity contribution in [3.63, 3.8) is 0 Å². The molecule has 0 radical (unpaired) electrons. The Morgan fingerprint density at radius 2 is 1.63 bits per heavy atom. The SMILES string of the molecule is CCOc1ccccc1N1C[C@H](C(=O)Nc2ccc(Oc3cccc4ccccc34)cc2)CC1=O. The van der Waals surface area contributed by atoms with Crippen LogP contribution in [-0.2, 0) is 9.59 Å². The van der Waals surface area contributed by atoms with Crippen molar-refractivity contribution in [2.75, 3.05) is 23.4 Å². The number of para-hydroxylation sites is 2. The molecule has 0 spiro atoms. The monoisotopic (exact) mass is 466 g/mol. The molecule has 2 amide bonds. The van der Waals surface area contributed by atoms with Gasteiger partial charge in [0.1, 0.15) is 17.2 Å². The average molecular weight is 467 g/mol. The van der Waals surface area contributed by atoms with E-state index in [4.69, 9.17) is 9.47 Å². The predicted octanol–water partition coefficient (Wildman–Crippen LogP) is 6.02. The molecule has 1 heterocycles. The van der Waals surface area contributed by atoms with Gasteiger partial charge in [-0.25, -0.2) is 0 Å². The van der Waals surface area contributed by atoms with Gasteiger partial charge in [-0.3, -0.25) is 9.59 Å². The summed E-state index contributed by atoms with van der Waals surface area (Å²) in [6.07, 6.45) is 0.161. The van der Waals surface area contributed by atoms with Gasteiger partial charge in [-0.15, -0.1) is 0 Å². The Balaban J connectivity index is 1.24. The first-order valence-electron chi connectivity index (χ1n) is 11.7. The molecule has 1 aliphatic rings. The Morgan fingerprint density at radius 3 is 2.46 bits per heavy atom. The number of benzene rings is 4. The molecule has 35 heavy (non-hydrogen) atoms. The summed E-state index contributed by atoms with van der Waals surface area (Å²) in [5, 5.41) is 5.08. The Labute approximate surface area is 204 Å². The number of hydrogen-bond acceptors (Lipinski definition) is 4. The molecule has 1 N–H and O–H groups in total. The molecular formula is C29H26N2O4. The second-order valence-corrected chi connectivity index (χ2v) is 8.40. The first-order chi connectivity index (χ1) is 17.1. The van der Waals surface area contributed by atoms with E-state index in [1.807, 2.05) is 85.8 Å². The number of carbonyl (C=O) groups is 2. The third-order valence-electron chi connectivity index (χ3n) is 6.05. The molecular weight excluding hydrogens is 440 g/mol. The van der Waals surface area contributed by atoms with E-state index in [2.05, 4.69) is 5.32 Å². The summed E-state index contributed by atoms with van der Waals surface area (Å²) >= 11 is 0. The number of hydrogen-bond donors (Lipinski definition) is 1. The molecule has 1 aliphatic heterocycles. The molecule has 1 saturated heterocycles. The van der Waals surface area contributed by atoms with Crippen molar-refractivity contribution in [1.29, 1.82) is 0 Å². The molecule has 176 valence electrons. The number of amides is 2. The highest BCUT2D eigenvalue weighted by Gasteiger charge is 2.36. The van der Waals surface area contributed by atoms with E-state index < -0.39 is 5.92 Å². The topological polar surface area (TPSA) is 67.9 Å². The minimum atomic E-state index is -0.441. The summed E-state index contributed by atoms with van der Waals surface area (Å²) in [5.74, 6) is 1.38. The van der Waals surface area contributed by atoms with E-state index in [1.54, 1.807) is 17.0 Å². The molecule has 6 heteroatoms. The van der Waals surface area contributed by atoms with E-state index in [9.17, 15) is 9.59 Å². The fourth-order valence-electron chi connectivity index (χ4n) is 4.34. The summed E-state index contributed by atoms with van der Waals surface area (Å²) in [5.41, 5.74) is 1.35. The highest BCUT2D eigenvalue weighted by molar-refractivity contribution is 6.04. The molecule has 1 fully saturated rings. The molecule has 1 atom stereocenters. The van der Waals surface area contributed by atoms with Crippen molar-refractivity contribution in [1.82, 2.24) is 0 Å². The zero-order chi connectivity index (χ0) is 24.2. The molecule has 0 aliphatic carbocycles. The van der Waals surface area contributed by atoms with E-state index in [1.165, 1.54) is 0 Å². The van der Waals surface area contributed by atoms with Crippen LogP contribution in [0, 0.1) is 5.92 Å². The molecule has 5 rings (SSSR count). The average Bonchev–Trinajstić information content (AvgIpc) is 3.27. The standard InChI is InChI=1S/C29H26N2O4/c1-2-34-27-12-6-5-11-25(27)31-19-21(18-28(31)32)29(33)30-22-14-16-23(17-15-22)35-26-13-7-9-20-8-3-4-10-24(20)26/h3-17,21H,2,18-19H2,1H3,(H,30,33)/t21-/m1/s1. The highest BCUT2D eigenvalue weighted by Crippen LogP contribution is 2.34. The first kappa shape index (κ1) is 22.5. The summed E-state index contributed by atoms with van der Waals surface area (Å²) in [6.45, 7) is 2.72. The molecule has 4 aromatic rings. The third-order valence-corrected chi connectivity index (χ3v) is 6.05. The lowest BCUT2D eigenvalue weighted by atomic mass is 10.1. The highest BCUT2D eigenvalue weighted by atomic mass is 16.5. The van der Waals surface area contributed by atoms with Crippen molar-refractivity contribution in [3.8, 4) is 17.2 Å². The van der Waals surface area contributed by atoms with Gasteiger partial charge in [0.2, 0.25) is 11.8 Å². The smallest absolute Gasteiger partial charge is 0.229 e. The quantitative estimate of drug-likeness (QED) is 0.362. The molecule has 4 aromatic carbocycles. The van der Waals surface area contributed by atoms with Crippen molar-refractivity contribution in [3.05, 3.63) is 91.0 Å². The second-order valence-electron chi connectivity index (χ2n) is 8.40. The number of nitrogens with zero attached hydrogens (tertiary/aromatic N) is 1. The van der Waals surface area contributed by atoms with Crippen LogP contribution in [0.15, 0.2) is 91.0 Å². The Bertz CT molecular complexity index is 1360. The van der Waals surface area contributed by atoms with Gasteiger partial charge < -0.3 is 19.7 Å². The Kier molecular flexibility index (Phi) is 6.35. The van der Waals surface area contributed by atoms with Crippen molar-refractivity contribution in [2.24, 2.45) is 5.92 Å². The molecule has 0 bridgehead atoms. The van der Waals surface area contributed by atoms with Crippen molar-refractivity contribution < 1.29 is 19.1 Å². The van der Waals surface area contributed by atoms with Gasteiger partial charge in [0.25, 0.3) is 0 Å². The van der Waals surface area contributed by atoms with Crippen molar-refractivity contribution >= 4 is 34.0 Å². The van der Waals surface area contributed by atoms with Crippen LogP contribution in [0.2, 0.25) is 0 Å². The van der Waals surface area contributed by atoms with E-state index >= 15 is 0 Å². The number of ether oxygens (including phenoxy) is 2. The van der Waals surface area contributed by atoms with Gasteiger partial charge >= 0.3 is 0 Å². The van der Waals surface area contributed by atoms with Crippen LogP contribution in [0.1, 0.15) is 13.3 Å². The van der Waals surface area contributed by atoms with Crippen LogP contribution in [0.25, 0.3) is 10.8 Å². The van der Waals surface area contributed by atoms with E-state index in [0.29, 0.717) is 36.0 Å². The lowest BCUT2D eigenvalue weighted by Gasteiger charge is -2.20. The van der Waals surface area contributed by atoms with Gasteiger partial charge in [0.05, 0.1) is 18.2 Å². The van der Waals surface area contributed by atoms with E-state index in [-0.39, 0.29) is 18.2 Å². The molecule has 0 saturated carbocycles. The third kappa shape index (κ3) is 4.82. The van der Waals surface area contributed by atoms with Crippen LogP contribution >= 0.6 is 0 Å². The van der Waals surface area contributed by atoms with Gasteiger partial charge in [0, 0.05) is 24.0 Å². The number of nitrogens with one attached hydrogen (secondary N) is 1. The maximum Gasteiger partial charge on any atom is 0.229 e. The normalized spacial score (nSPS) is 15.3. The maximum absolute atomic E-state index is 12.9. The van der Waals surface area contributed by atoms with Gasteiger partial charge in [-0.05, 0) is 54.8 Å². The van der Waals surface area contributed by atoms with Gasteiger partial charge in [0.15, 0.2) is 0 Å². The lowest BCUT2D eigenvalue weighted by Crippen LogP contribution is -2.28. The van der Waals surface area contributed by atoms with Crippen LogP contribution in [0.4, 0.5) is 11.4 Å². The fourth-order valence-corrected chi connectivity index (χ4v) is 4.34. The zero-order valence-corrected chi connectivity index (χ0v) is 19.4. The maximum atomic E-state index is 12.9.